The van der Waals surface area contributed by atoms with Crippen LogP contribution < -0.4 is 0 Å². The van der Waals surface area contributed by atoms with Crippen LogP contribution in [-0.4, -0.2) is 40.8 Å². The number of ether oxygens (including phenoxy) is 2. The molecule has 3 atom stereocenters. The lowest BCUT2D eigenvalue weighted by molar-refractivity contribution is 0.00584. The molecule has 3 fully saturated rings. The van der Waals surface area contributed by atoms with Crippen LogP contribution in [0.15, 0.2) is 53.1 Å². The molecule has 2 saturated carbocycles. The van der Waals surface area contributed by atoms with E-state index in [-0.39, 0.29) is 36.7 Å². The van der Waals surface area contributed by atoms with Crippen LogP contribution in [-0.2, 0) is 16.1 Å². The van der Waals surface area contributed by atoms with Crippen LogP contribution in [0.2, 0.25) is 10.0 Å². The number of likely N-dealkylation sites (tertiary alicyclic amines) is 1. The number of halogens is 2. The van der Waals surface area contributed by atoms with Gasteiger partial charge in [-0.2, -0.15) is 0 Å². The zero-order chi connectivity index (χ0) is 24.8. The molecule has 0 radical (unpaired) electrons. The standard InChI is InChI=1S/C27H24Cl2N2O5/c28-19-7-4-8-20(29)22(19)24-23(25(36-30-24)16-9-10-16)26(32)35-21-12-18-11-17(21)13-31(18)27(33)34-14-15-5-2-1-3-6-15/h1-8,16-18,21H,9-14H2/t17-,18-,21+/m0/s1. The molecule has 2 bridgehead atoms. The monoisotopic (exact) mass is 526 g/mol. The first-order chi connectivity index (χ1) is 17.5. The number of nitrogens with zero attached hydrogens (tertiary/aromatic N) is 2. The summed E-state index contributed by atoms with van der Waals surface area (Å²) in [4.78, 5) is 27.9. The van der Waals surface area contributed by atoms with Gasteiger partial charge in [-0.3, -0.25) is 0 Å². The van der Waals surface area contributed by atoms with Crippen LogP contribution in [0.3, 0.4) is 0 Å². The largest absolute Gasteiger partial charge is 0.458 e. The summed E-state index contributed by atoms with van der Waals surface area (Å²) in [5.74, 6) is 0.241. The normalized spacial score (nSPS) is 22.6. The first-order valence-electron chi connectivity index (χ1n) is 12.1. The maximum atomic E-state index is 13.5. The summed E-state index contributed by atoms with van der Waals surface area (Å²) >= 11 is 12.8. The second kappa shape index (κ2) is 9.45. The second-order valence-electron chi connectivity index (χ2n) is 9.66. The number of fused-ring (bicyclic) bond motifs is 2. The molecule has 2 heterocycles. The highest BCUT2D eigenvalue weighted by Gasteiger charge is 2.49. The molecule has 1 amide bonds. The van der Waals surface area contributed by atoms with Gasteiger partial charge in [-0.25, -0.2) is 9.59 Å². The van der Waals surface area contributed by atoms with E-state index in [0.29, 0.717) is 45.6 Å². The Bertz CT molecular complexity index is 1290. The van der Waals surface area contributed by atoms with Gasteiger partial charge in [-0.15, -0.1) is 0 Å². The molecule has 0 unspecified atom stereocenters. The van der Waals surface area contributed by atoms with Crippen molar-refractivity contribution in [2.45, 2.75) is 50.4 Å². The SMILES string of the molecule is O=C(O[C@@H]1C[C@@H]2C[C@H]1CN2C(=O)OCc1ccccc1)c1c(-c2c(Cl)cccc2Cl)noc1C1CC1. The van der Waals surface area contributed by atoms with E-state index in [1.165, 1.54) is 0 Å². The average molecular weight is 527 g/mol. The Morgan fingerprint density at radius 1 is 1.03 bits per heavy atom. The Hall–Kier alpha value is -3.03. The third kappa shape index (κ3) is 4.35. The molecule has 1 aromatic heterocycles. The molecule has 186 valence electrons. The molecule has 0 spiro atoms. The zero-order valence-electron chi connectivity index (χ0n) is 19.4. The molecular weight excluding hydrogens is 503 g/mol. The van der Waals surface area contributed by atoms with Crippen molar-refractivity contribution < 1.29 is 23.6 Å². The number of hydrogen-bond donors (Lipinski definition) is 0. The summed E-state index contributed by atoms with van der Waals surface area (Å²) in [6.45, 7) is 0.731. The number of carbonyl (C=O) groups is 2. The van der Waals surface area contributed by atoms with Gasteiger partial charge in [0.05, 0.1) is 10.0 Å². The Morgan fingerprint density at radius 2 is 1.78 bits per heavy atom. The summed E-state index contributed by atoms with van der Waals surface area (Å²) in [5, 5.41) is 4.95. The lowest BCUT2D eigenvalue weighted by Crippen LogP contribution is -2.43. The van der Waals surface area contributed by atoms with Crippen LogP contribution in [0.5, 0.6) is 0 Å². The van der Waals surface area contributed by atoms with Gasteiger partial charge in [0.1, 0.15) is 24.0 Å². The molecule has 9 heteroatoms. The van der Waals surface area contributed by atoms with Crippen molar-refractivity contribution in [3.63, 3.8) is 0 Å². The summed E-state index contributed by atoms with van der Waals surface area (Å²) in [6, 6.07) is 14.7. The number of amides is 1. The number of piperidine rings is 1. The minimum atomic E-state index is -0.486. The van der Waals surface area contributed by atoms with E-state index in [9.17, 15) is 9.59 Å². The summed E-state index contributed by atoms with van der Waals surface area (Å²) in [5.41, 5.74) is 2.02. The van der Waals surface area contributed by atoms with Gasteiger partial charge >= 0.3 is 12.1 Å². The molecule has 6 rings (SSSR count). The summed E-state index contributed by atoms with van der Waals surface area (Å²) in [7, 11) is 0. The van der Waals surface area contributed by atoms with E-state index in [4.69, 9.17) is 37.2 Å². The molecule has 0 N–H and O–H groups in total. The molecule has 1 aliphatic heterocycles. The smallest absolute Gasteiger partial charge is 0.410 e. The van der Waals surface area contributed by atoms with Crippen molar-refractivity contribution >= 4 is 35.3 Å². The third-order valence-corrected chi connectivity index (χ3v) is 7.88. The quantitative estimate of drug-likeness (QED) is 0.341. The van der Waals surface area contributed by atoms with E-state index in [0.717, 1.165) is 24.8 Å². The number of carbonyl (C=O) groups excluding carboxylic acids is 2. The van der Waals surface area contributed by atoms with E-state index in [1.54, 1.807) is 23.1 Å². The predicted molar refractivity (Wildman–Crippen MR) is 133 cm³/mol. The molecule has 2 aliphatic carbocycles. The second-order valence-corrected chi connectivity index (χ2v) is 10.5. The maximum Gasteiger partial charge on any atom is 0.410 e. The lowest BCUT2D eigenvalue weighted by atomic mass is 10.0. The molecule has 1 saturated heterocycles. The Morgan fingerprint density at radius 3 is 2.44 bits per heavy atom. The number of esters is 1. The highest BCUT2D eigenvalue weighted by molar-refractivity contribution is 6.39. The van der Waals surface area contributed by atoms with Crippen LogP contribution in [0, 0.1) is 5.92 Å². The van der Waals surface area contributed by atoms with Gasteiger partial charge in [0, 0.05) is 36.4 Å². The fraction of sp³-hybridized carbons (Fsp3) is 0.370. The first-order valence-corrected chi connectivity index (χ1v) is 12.9. The van der Waals surface area contributed by atoms with Crippen molar-refractivity contribution in [3.05, 3.63) is 75.5 Å². The number of hydrogen-bond acceptors (Lipinski definition) is 6. The fourth-order valence-corrected chi connectivity index (χ4v) is 5.87. The third-order valence-electron chi connectivity index (χ3n) is 7.25. The van der Waals surface area contributed by atoms with E-state index >= 15 is 0 Å². The molecular formula is C27H24Cl2N2O5. The van der Waals surface area contributed by atoms with Gasteiger partial charge in [0.25, 0.3) is 0 Å². The van der Waals surface area contributed by atoms with Gasteiger partial charge in [-0.05, 0) is 37.0 Å². The van der Waals surface area contributed by atoms with Crippen LogP contribution in [0.1, 0.15) is 53.3 Å². The molecule has 2 aromatic carbocycles. The van der Waals surface area contributed by atoms with Gasteiger partial charge < -0.3 is 18.9 Å². The Balaban J connectivity index is 1.15. The first kappa shape index (κ1) is 23.4. The van der Waals surface area contributed by atoms with E-state index in [2.05, 4.69) is 5.16 Å². The number of aromatic nitrogens is 1. The highest BCUT2D eigenvalue weighted by atomic mass is 35.5. The van der Waals surface area contributed by atoms with Crippen molar-refractivity contribution in [3.8, 4) is 11.3 Å². The van der Waals surface area contributed by atoms with Crippen molar-refractivity contribution in [1.29, 1.82) is 0 Å². The van der Waals surface area contributed by atoms with Crippen molar-refractivity contribution in [2.24, 2.45) is 5.92 Å². The number of benzene rings is 2. The molecule has 3 aliphatic rings. The van der Waals surface area contributed by atoms with Crippen LogP contribution in [0.25, 0.3) is 11.3 Å². The summed E-state index contributed by atoms with van der Waals surface area (Å²) in [6.07, 6.45) is 2.58. The zero-order valence-corrected chi connectivity index (χ0v) is 20.9. The molecule has 3 aromatic rings. The Kier molecular flexibility index (Phi) is 6.13. The average Bonchev–Trinajstić information content (AvgIpc) is 3.31. The fourth-order valence-electron chi connectivity index (χ4n) is 5.29. The predicted octanol–water partition coefficient (Wildman–Crippen LogP) is 6.48. The highest BCUT2D eigenvalue weighted by Crippen LogP contribution is 2.47. The van der Waals surface area contributed by atoms with Gasteiger partial charge in [0.2, 0.25) is 0 Å². The minimum Gasteiger partial charge on any atom is -0.458 e. The summed E-state index contributed by atoms with van der Waals surface area (Å²) < 4.78 is 17.1. The maximum absolute atomic E-state index is 13.5. The molecule has 7 nitrogen and oxygen atoms in total. The van der Waals surface area contributed by atoms with Crippen LogP contribution in [0.4, 0.5) is 4.79 Å². The lowest BCUT2D eigenvalue weighted by Gasteiger charge is -2.30. The minimum absolute atomic E-state index is 0.0149. The van der Waals surface area contributed by atoms with Gasteiger partial charge in [-0.1, -0.05) is 64.8 Å². The van der Waals surface area contributed by atoms with Crippen molar-refractivity contribution in [1.82, 2.24) is 10.1 Å². The molecule has 36 heavy (non-hydrogen) atoms. The topological polar surface area (TPSA) is 81.9 Å². The van der Waals surface area contributed by atoms with E-state index in [1.807, 2.05) is 30.3 Å². The Labute approximate surface area is 218 Å². The van der Waals surface area contributed by atoms with Crippen LogP contribution >= 0.6 is 23.2 Å². The van der Waals surface area contributed by atoms with E-state index < -0.39 is 5.97 Å². The van der Waals surface area contributed by atoms with Gasteiger partial charge in [0.15, 0.2) is 5.76 Å². The van der Waals surface area contributed by atoms with Crippen molar-refractivity contribution in [2.75, 3.05) is 6.54 Å². The number of rotatable bonds is 6.